The average molecular weight is 474 g/mol. The maximum atomic E-state index is 13.6. The summed E-state index contributed by atoms with van der Waals surface area (Å²) in [6.45, 7) is 4.26. The van der Waals surface area contributed by atoms with Crippen LogP contribution in [0.25, 0.3) is 0 Å². The number of carbonyl (C=O) groups is 2. The smallest absolute Gasteiger partial charge is 0.247 e. The Kier molecular flexibility index (Phi) is 8.90. The van der Waals surface area contributed by atoms with E-state index in [0.29, 0.717) is 12.2 Å². The number of benzene rings is 3. The Morgan fingerprint density at radius 3 is 2.03 bits per heavy atom. The largest absolute Gasteiger partial charge is 0.497 e. The predicted octanol–water partition coefficient (Wildman–Crippen LogP) is 5.00. The molecule has 0 heterocycles. The molecular weight excluding hydrogens is 438 g/mol. The molecule has 184 valence electrons. The van der Waals surface area contributed by atoms with E-state index in [9.17, 15) is 9.59 Å². The van der Waals surface area contributed by atoms with Crippen molar-refractivity contribution in [1.82, 2.24) is 4.90 Å². The van der Waals surface area contributed by atoms with Crippen LogP contribution in [0.15, 0.2) is 78.9 Å². The number of rotatable bonds is 10. The average Bonchev–Trinajstić information content (AvgIpc) is 2.84. The monoisotopic (exact) mass is 473 g/mol. The first kappa shape index (κ1) is 25.8. The zero-order valence-electron chi connectivity index (χ0n) is 21.2. The molecular formula is C29H35N3O3. The SMILES string of the molecule is COc1ccc(CN(C(=O)Cc2ccccc2)C(C(=O)Nc2ccc(N(C)C)cc2)C(C)C)cc1. The Labute approximate surface area is 208 Å². The number of amides is 2. The van der Waals surface area contributed by atoms with Gasteiger partial charge in [-0.3, -0.25) is 9.59 Å². The van der Waals surface area contributed by atoms with Crippen molar-refractivity contribution in [2.75, 3.05) is 31.4 Å². The van der Waals surface area contributed by atoms with Crippen LogP contribution in [-0.4, -0.2) is 44.0 Å². The van der Waals surface area contributed by atoms with Gasteiger partial charge in [0.1, 0.15) is 11.8 Å². The number of ether oxygens (including phenoxy) is 1. The minimum Gasteiger partial charge on any atom is -0.497 e. The van der Waals surface area contributed by atoms with Gasteiger partial charge in [0.2, 0.25) is 11.8 Å². The molecule has 1 unspecified atom stereocenters. The Morgan fingerprint density at radius 1 is 0.857 bits per heavy atom. The Balaban J connectivity index is 1.88. The van der Waals surface area contributed by atoms with Crippen LogP contribution in [0.5, 0.6) is 5.75 Å². The van der Waals surface area contributed by atoms with E-state index in [2.05, 4.69) is 5.32 Å². The number of hydrogen-bond acceptors (Lipinski definition) is 4. The number of nitrogens with one attached hydrogen (secondary N) is 1. The molecule has 3 aromatic carbocycles. The molecule has 6 nitrogen and oxygen atoms in total. The number of anilines is 2. The van der Waals surface area contributed by atoms with Crippen molar-refractivity contribution in [3.8, 4) is 5.75 Å². The molecule has 0 aromatic heterocycles. The van der Waals surface area contributed by atoms with Crippen LogP contribution < -0.4 is 15.0 Å². The van der Waals surface area contributed by atoms with Crippen molar-refractivity contribution >= 4 is 23.2 Å². The van der Waals surface area contributed by atoms with Gasteiger partial charge in [0.15, 0.2) is 0 Å². The van der Waals surface area contributed by atoms with E-state index in [1.807, 2.05) is 112 Å². The molecule has 2 amide bonds. The molecule has 0 bridgehead atoms. The lowest BCUT2D eigenvalue weighted by Gasteiger charge is -2.34. The van der Waals surface area contributed by atoms with Gasteiger partial charge in [0.05, 0.1) is 13.5 Å². The molecule has 3 aromatic rings. The van der Waals surface area contributed by atoms with Crippen molar-refractivity contribution in [2.24, 2.45) is 5.92 Å². The van der Waals surface area contributed by atoms with Gasteiger partial charge in [-0.1, -0.05) is 56.3 Å². The number of nitrogens with zero attached hydrogens (tertiary/aromatic N) is 2. The maximum Gasteiger partial charge on any atom is 0.247 e. The maximum absolute atomic E-state index is 13.6. The van der Waals surface area contributed by atoms with Crippen LogP contribution in [0.3, 0.4) is 0 Å². The summed E-state index contributed by atoms with van der Waals surface area (Å²) in [5.74, 6) is 0.362. The fraction of sp³-hybridized carbons (Fsp3) is 0.310. The Morgan fingerprint density at radius 2 is 1.49 bits per heavy atom. The van der Waals surface area contributed by atoms with Crippen molar-refractivity contribution in [3.05, 3.63) is 90.0 Å². The topological polar surface area (TPSA) is 61.9 Å². The molecule has 3 rings (SSSR count). The third-order valence-corrected chi connectivity index (χ3v) is 5.92. The quantitative estimate of drug-likeness (QED) is 0.450. The second kappa shape index (κ2) is 12.1. The minimum atomic E-state index is -0.637. The van der Waals surface area contributed by atoms with Crippen LogP contribution in [0.2, 0.25) is 0 Å². The molecule has 1 N–H and O–H groups in total. The van der Waals surface area contributed by atoms with Gasteiger partial charge in [-0.25, -0.2) is 0 Å². The lowest BCUT2D eigenvalue weighted by molar-refractivity contribution is -0.140. The molecule has 0 aliphatic heterocycles. The summed E-state index contributed by atoms with van der Waals surface area (Å²) < 4.78 is 5.27. The Hall–Kier alpha value is -3.80. The van der Waals surface area contributed by atoms with E-state index in [1.54, 1.807) is 12.0 Å². The lowest BCUT2D eigenvalue weighted by atomic mass is 9.99. The van der Waals surface area contributed by atoms with Crippen LogP contribution in [0.4, 0.5) is 11.4 Å². The normalized spacial score (nSPS) is 11.6. The number of methoxy groups -OCH3 is 1. The van der Waals surface area contributed by atoms with Gasteiger partial charge in [0.25, 0.3) is 0 Å². The molecule has 0 fully saturated rings. The molecule has 0 saturated heterocycles. The molecule has 0 aliphatic carbocycles. The van der Waals surface area contributed by atoms with Crippen LogP contribution in [0.1, 0.15) is 25.0 Å². The third-order valence-electron chi connectivity index (χ3n) is 5.92. The molecule has 6 heteroatoms. The van der Waals surface area contributed by atoms with Crippen LogP contribution >= 0.6 is 0 Å². The van der Waals surface area contributed by atoms with E-state index < -0.39 is 6.04 Å². The fourth-order valence-corrected chi connectivity index (χ4v) is 4.00. The summed E-state index contributed by atoms with van der Waals surface area (Å²) in [7, 11) is 5.56. The summed E-state index contributed by atoms with van der Waals surface area (Å²) in [4.78, 5) is 30.8. The van der Waals surface area contributed by atoms with E-state index >= 15 is 0 Å². The number of carbonyl (C=O) groups excluding carboxylic acids is 2. The van der Waals surface area contributed by atoms with E-state index in [-0.39, 0.29) is 24.2 Å². The summed E-state index contributed by atoms with van der Waals surface area (Å²) >= 11 is 0. The van der Waals surface area contributed by atoms with E-state index in [1.165, 1.54) is 0 Å². The highest BCUT2D eigenvalue weighted by Crippen LogP contribution is 2.22. The van der Waals surface area contributed by atoms with Gasteiger partial charge in [0, 0.05) is 32.0 Å². The molecule has 0 aliphatic rings. The second-order valence-electron chi connectivity index (χ2n) is 9.15. The van der Waals surface area contributed by atoms with Gasteiger partial charge in [-0.15, -0.1) is 0 Å². The van der Waals surface area contributed by atoms with Crippen LogP contribution in [0, 0.1) is 5.92 Å². The van der Waals surface area contributed by atoms with Gasteiger partial charge in [-0.05, 0) is 53.4 Å². The first-order chi connectivity index (χ1) is 16.8. The highest BCUT2D eigenvalue weighted by Gasteiger charge is 2.32. The van der Waals surface area contributed by atoms with Crippen molar-refractivity contribution < 1.29 is 14.3 Å². The van der Waals surface area contributed by atoms with Gasteiger partial charge < -0.3 is 19.9 Å². The molecule has 0 radical (unpaired) electrons. The summed E-state index contributed by atoms with van der Waals surface area (Å²) in [5, 5.41) is 3.02. The van der Waals surface area contributed by atoms with Crippen LogP contribution in [-0.2, 0) is 22.6 Å². The van der Waals surface area contributed by atoms with Crippen molar-refractivity contribution in [1.29, 1.82) is 0 Å². The standard InChI is InChI=1S/C29H35N3O3/c1-21(2)28(29(34)30-24-13-15-25(16-14-24)31(3)4)32(20-23-11-17-26(35-5)18-12-23)27(33)19-22-9-7-6-8-10-22/h6-18,21,28H,19-20H2,1-5H3,(H,30,34). The first-order valence-electron chi connectivity index (χ1n) is 11.8. The van der Waals surface area contributed by atoms with Crippen molar-refractivity contribution in [2.45, 2.75) is 32.9 Å². The second-order valence-corrected chi connectivity index (χ2v) is 9.15. The predicted molar refractivity (Wildman–Crippen MR) is 142 cm³/mol. The molecule has 0 saturated carbocycles. The molecule has 35 heavy (non-hydrogen) atoms. The highest BCUT2D eigenvalue weighted by atomic mass is 16.5. The highest BCUT2D eigenvalue weighted by molar-refractivity contribution is 5.97. The third kappa shape index (κ3) is 7.09. The van der Waals surface area contributed by atoms with Crippen molar-refractivity contribution in [3.63, 3.8) is 0 Å². The number of hydrogen-bond donors (Lipinski definition) is 1. The Bertz CT molecular complexity index is 1090. The molecule has 1 atom stereocenters. The van der Waals surface area contributed by atoms with Gasteiger partial charge >= 0.3 is 0 Å². The van der Waals surface area contributed by atoms with E-state index in [4.69, 9.17) is 4.74 Å². The zero-order valence-corrected chi connectivity index (χ0v) is 21.2. The lowest BCUT2D eigenvalue weighted by Crippen LogP contribution is -2.50. The van der Waals surface area contributed by atoms with Gasteiger partial charge in [-0.2, -0.15) is 0 Å². The first-order valence-corrected chi connectivity index (χ1v) is 11.8. The summed E-state index contributed by atoms with van der Waals surface area (Å²) in [5.41, 5.74) is 3.59. The summed E-state index contributed by atoms with van der Waals surface area (Å²) in [6, 6.07) is 24.2. The minimum absolute atomic E-state index is 0.0889. The summed E-state index contributed by atoms with van der Waals surface area (Å²) in [6.07, 6.45) is 0.227. The zero-order chi connectivity index (χ0) is 25.4. The fourth-order valence-electron chi connectivity index (χ4n) is 4.00. The van der Waals surface area contributed by atoms with E-state index in [0.717, 1.165) is 22.6 Å². The molecule has 0 spiro atoms.